The van der Waals surface area contributed by atoms with Gasteiger partial charge >= 0.3 is 25.1 Å². The Morgan fingerprint density at radius 3 is 1.18 bits per heavy atom. The molecule has 18 heteroatoms. The molecule has 0 amide bonds. The summed E-state index contributed by atoms with van der Waals surface area (Å²) in [7, 11) is -2.99. The highest BCUT2D eigenvalue weighted by Crippen LogP contribution is 2.44. The van der Waals surface area contributed by atoms with E-state index in [4.69, 9.17) is 0 Å². The molecule has 0 saturated heterocycles. The summed E-state index contributed by atoms with van der Waals surface area (Å²) >= 11 is 3.39. The highest BCUT2D eigenvalue weighted by Gasteiger charge is 2.47. The molecule has 6 rings (SSSR count). The molecule has 73 heavy (non-hydrogen) atoms. The lowest BCUT2D eigenvalue weighted by atomic mass is 9.71. The predicted molar refractivity (Wildman–Crippen MR) is 269 cm³/mol. The number of rotatable bonds is 18. The third-order valence-corrected chi connectivity index (χ3v) is 16.4. The van der Waals surface area contributed by atoms with Crippen LogP contribution in [0, 0.1) is 23.0 Å². The standard InChI is InChI=1S/C28H26F5NO2S.C27H26BrF5O2S/c1-26(2,3)37(35)18-27(16-19-7-5-4-6-8-19,21-11-9-20(17-34)10-12-21)22-13-23(29)15-24(14-22)36-28(32,33)25(30)31;1-25(2,3)36(34)17-26(16-18-7-5-4-6-8-18,19-9-11-21(28)12-10-19)20-13-22(29)15-23(14-20)35-27(32,33)24(30)31/h4-15,25H,16,18H2,1-3H3;4-15,24H,16-17H2,1-3H3/t27-,37?;26-,36?/m11/s1. The molecule has 0 saturated carbocycles. The van der Waals surface area contributed by atoms with Gasteiger partial charge in [-0.05, 0) is 136 Å². The molecule has 2 unspecified atom stereocenters. The van der Waals surface area contributed by atoms with Crippen LogP contribution >= 0.6 is 15.9 Å². The minimum Gasteiger partial charge on any atom is -0.428 e. The topological polar surface area (TPSA) is 76.4 Å². The van der Waals surface area contributed by atoms with Crippen molar-refractivity contribution in [3.05, 3.63) is 201 Å². The highest BCUT2D eigenvalue weighted by molar-refractivity contribution is 9.10. The summed E-state index contributed by atoms with van der Waals surface area (Å²) in [4.78, 5) is 0. The van der Waals surface area contributed by atoms with E-state index in [0.717, 1.165) is 39.9 Å². The summed E-state index contributed by atoms with van der Waals surface area (Å²) in [6.07, 6.45) is -17.4. The average molecular weight is 1130 g/mol. The maximum absolute atomic E-state index is 14.8. The fourth-order valence-corrected chi connectivity index (χ4v) is 10.7. The van der Waals surface area contributed by atoms with Crippen molar-refractivity contribution < 1.29 is 61.8 Å². The molecule has 0 N–H and O–H groups in total. The van der Waals surface area contributed by atoms with Crippen LogP contribution in [0.5, 0.6) is 11.5 Å². The van der Waals surface area contributed by atoms with E-state index in [9.17, 15) is 57.6 Å². The van der Waals surface area contributed by atoms with Crippen LogP contribution in [0.4, 0.5) is 43.9 Å². The van der Waals surface area contributed by atoms with Crippen LogP contribution in [0.3, 0.4) is 0 Å². The zero-order chi connectivity index (χ0) is 54.2. The van der Waals surface area contributed by atoms with Gasteiger partial charge in [0.05, 0.1) is 11.6 Å². The predicted octanol–water partition coefficient (Wildman–Crippen LogP) is 14.9. The van der Waals surface area contributed by atoms with Gasteiger partial charge in [-0.15, -0.1) is 0 Å². The van der Waals surface area contributed by atoms with Crippen LogP contribution in [0.1, 0.15) is 80.5 Å². The van der Waals surface area contributed by atoms with Crippen LogP contribution in [0.15, 0.2) is 150 Å². The third kappa shape index (κ3) is 15.3. The fourth-order valence-electron chi connectivity index (χ4n) is 7.78. The summed E-state index contributed by atoms with van der Waals surface area (Å²) < 4.78 is 171. The second-order valence-electron chi connectivity index (χ2n) is 19.2. The Bertz CT molecular complexity index is 2880. The summed E-state index contributed by atoms with van der Waals surface area (Å²) in [5.41, 5.74) is 1.06. The largest absolute Gasteiger partial charge is 0.461 e. The molecule has 390 valence electrons. The number of alkyl halides is 8. The van der Waals surface area contributed by atoms with Crippen molar-refractivity contribution in [3.8, 4) is 17.6 Å². The van der Waals surface area contributed by atoms with E-state index in [-0.39, 0.29) is 35.5 Å². The van der Waals surface area contributed by atoms with Gasteiger partial charge in [-0.25, -0.2) is 8.78 Å². The zero-order valence-corrected chi connectivity index (χ0v) is 43.6. The molecular weight excluding hydrogens is 1070 g/mol. The Labute approximate surface area is 432 Å². The van der Waals surface area contributed by atoms with E-state index in [1.54, 1.807) is 108 Å². The molecule has 0 radical (unpaired) electrons. The summed E-state index contributed by atoms with van der Waals surface area (Å²) in [5.74, 6) is -3.49. The maximum atomic E-state index is 14.8. The second kappa shape index (κ2) is 23.8. The van der Waals surface area contributed by atoms with Crippen molar-refractivity contribution >= 4 is 37.5 Å². The van der Waals surface area contributed by atoms with Gasteiger partial charge in [-0.2, -0.15) is 40.4 Å². The zero-order valence-electron chi connectivity index (χ0n) is 40.4. The molecule has 0 aromatic heterocycles. The van der Waals surface area contributed by atoms with Crippen molar-refractivity contribution in [2.24, 2.45) is 0 Å². The van der Waals surface area contributed by atoms with Crippen molar-refractivity contribution in [3.63, 3.8) is 0 Å². The minimum atomic E-state index is -4.84. The van der Waals surface area contributed by atoms with Crippen LogP contribution < -0.4 is 9.47 Å². The summed E-state index contributed by atoms with van der Waals surface area (Å²) in [6, 6.07) is 39.5. The van der Waals surface area contributed by atoms with Gasteiger partial charge in [0, 0.05) is 70.0 Å². The molecule has 4 atom stereocenters. The van der Waals surface area contributed by atoms with E-state index in [0.29, 0.717) is 28.8 Å². The summed E-state index contributed by atoms with van der Waals surface area (Å²) in [6.45, 7) is 10.7. The molecule has 0 aliphatic carbocycles. The Morgan fingerprint density at radius 2 is 0.863 bits per heavy atom. The Balaban J connectivity index is 0.000000271. The van der Waals surface area contributed by atoms with Gasteiger partial charge < -0.3 is 9.47 Å². The lowest BCUT2D eigenvalue weighted by Crippen LogP contribution is -2.41. The van der Waals surface area contributed by atoms with E-state index in [2.05, 4.69) is 25.4 Å². The van der Waals surface area contributed by atoms with Crippen molar-refractivity contribution in [1.82, 2.24) is 0 Å². The molecular formula is C55H52BrF10NO4S2. The first-order valence-corrected chi connectivity index (χ1v) is 25.9. The van der Waals surface area contributed by atoms with Crippen LogP contribution in [-0.4, -0.2) is 54.5 Å². The van der Waals surface area contributed by atoms with E-state index in [1.807, 2.05) is 48.5 Å². The van der Waals surface area contributed by atoms with E-state index < -0.39 is 90.1 Å². The van der Waals surface area contributed by atoms with Gasteiger partial charge in [0.1, 0.15) is 23.1 Å². The first-order chi connectivity index (χ1) is 34.0. The second-order valence-corrected chi connectivity index (χ2v) is 24.5. The fraction of sp³-hybridized carbons (Fsp3) is 0.327. The van der Waals surface area contributed by atoms with Gasteiger partial charge in [-0.3, -0.25) is 8.42 Å². The van der Waals surface area contributed by atoms with E-state index >= 15 is 0 Å². The number of nitriles is 1. The van der Waals surface area contributed by atoms with Crippen molar-refractivity contribution in [2.45, 2.75) is 99.8 Å². The molecule has 0 bridgehead atoms. The number of hydrogen-bond donors (Lipinski definition) is 0. The SMILES string of the molecule is CC(C)(C)S(=O)C[C@](Cc1ccccc1)(c1ccc(Br)cc1)c1cc(F)cc(OC(F)(F)C(F)F)c1.CC(C)(C)S(=O)C[C@](Cc1ccccc1)(c1ccc(C#N)cc1)c1cc(F)cc(OC(F)(F)C(F)F)c1. The number of nitrogens with zero attached hydrogens (tertiary/aromatic N) is 1. The van der Waals surface area contributed by atoms with Crippen LogP contribution in [0.2, 0.25) is 0 Å². The molecule has 0 fully saturated rings. The average Bonchev–Trinajstić information content (AvgIpc) is 3.30. The van der Waals surface area contributed by atoms with Gasteiger partial charge in [-0.1, -0.05) is 101 Å². The lowest BCUT2D eigenvalue weighted by molar-refractivity contribution is -0.253. The van der Waals surface area contributed by atoms with Gasteiger partial charge in [0.15, 0.2) is 0 Å². The quantitative estimate of drug-likeness (QED) is 0.0802. The van der Waals surface area contributed by atoms with E-state index in [1.165, 1.54) is 0 Å². The maximum Gasteiger partial charge on any atom is 0.461 e. The smallest absolute Gasteiger partial charge is 0.428 e. The minimum absolute atomic E-state index is 0.0150. The van der Waals surface area contributed by atoms with Crippen LogP contribution in [-0.2, 0) is 45.3 Å². The molecule has 0 heterocycles. The third-order valence-electron chi connectivity index (χ3n) is 11.6. The Morgan fingerprint density at radius 1 is 0.521 bits per heavy atom. The van der Waals surface area contributed by atoms with Crippen LogP contribution in [0.25, 0.3) is 0 Å². The molecule has 6 aromatic carbocycles. The lowest BCUT2D eigenvalue weighted by Gasteiger charge is -2.37. The Kier molecular flexibility index (Phi) is 19.0. The normalized spacial score (nSPS) is 14.8. The monoisotopic (exact) mass is 1120 g/mol. The molecule has 6 aromatic rings. The molecule has 0 spiro atoms. The molecule has 5 nitrogen and oxygen atoms in total. The number of halogens is 11. The highest BCUT2D eigenvalue weighted by atomic mass is 79.9. The molecule has 0 aliphatic rings. The molecule has 0 aliphatic heterocycles. The first-order valence-electron chi connectivity index (χ1n) is 22.4. The Hall–Kier alpha value is -5.51. The first kappa shape index (κ1) is 58.4. The van der Waals surface area contributed by atoms with Gasteiger partial charge in [0.25, 0.3) is 0 Å². The number of benzene rings is 6. The van der Waals surface area contributed by atoms with Crippen molar-refractivity contribution in [2.75, 3.05) is 11.5 Å². The number of ether oxygens (including phenoxy) is 2. The van der Waals surface area contributed by atoms with Gasteiger partial charge in [0.2, 0.25) is 0 Å². The van der Waals surface area contributed by atoms with Crippen molar-refractivity contribution in [1.29, 1.82) is 5.26 Å². The number of hydrogen-bond acceptors (Lipinski definition) is 5. The summed E-state index contributed by atoms with van der Waals surface area (Å²) in [5, 5.41) is 9.26.